The smallest absolute Gasteiger partial charge is 0.435 e. The number of aliphatic carboxylic acids is 1. The molecule has 1 N–H and O–H groups in total. The third-order valence-corrected chi connectivity index (χ3v) is 7.87. The normalized spacial score (nSPS) is 28.7. The zero-order valence-corrected chi connectivity index (χ0v) is 12.3. The van der Waals surface area contributed by atoms with Crippen LogP contribution in [0.3, 0.4) is 0 Å². The van der Waals surface area contributed by atoms with Gasteiger partial charge in [-0.25, -0.2) is 0 Å². The zero-order chi connectivity index (χ0) is 15.0. The first-order valence-corrected chi connectivity index (χ1v) is 8.50. The number of hydrogen-bond donors (Lipinski definition) is 1. The molecule has 1 aromatic heterocycles. The summed E-state index contributed by atoms with van der Waals surface area (Å²) in [5.41, 5.74) is -0.113. The van der Waals surface area contributed by atoms with Gasteiger partial charge in [0.15, 0.2) is 5.69 Å². The summed E-state index contributed by atoms with van der Waals surface area (Å²) < 4.78 is 40.3. The molecule has 9 heteroatoms. The molecule has 114 valence electrons. The first-order valence-electron chi connectivity index (χ1n) is 6.52. The second-order valence-electron chi connectivity index (χ2n) is 5.47. The number of carbonyl (C=O) groups is 1. The minimum absolute atomic E-state index is 0.0998. The first kappa shape index (κ1) is 13.8. The van der Waals surface area contributed by atoms with Crippen LogP contribution in [0.15, 0.2) is 0 Å². The van der Waals surface area contributed by atoms with Crippen molar-refractivity contribution in [1.82, 2.24) is 9.78 Å². The average Bonchev–Trinajstić information content (AvgIpc) is 2.78. The molecule has 1 aromatic rings. The number of rotatable bonds is 2. The van der Waals surface area contributed by atoms with Gasteiger partial charge in [0, 0.05) is 17.1 Å². The minimum Gasteiger partial charge on any atom is -0.480 e. The number of hydrogen-bond acceptors (Lipinski definition) is 4. The zero-order valence-electron chi connectivity index (χ0n) is 10.7. The highest BCUT2D eigenvalue weighted by Gasteiger charge is 2.67. The maximum atomic E-state index is 13.2. The lowest BCUT2D eigenvalue weighted by atomic mass is 10.1. The fraction of sp³-hybridized carbons (Fsp3) is 0.667. The second kappa shape index (κ2) is 4.13. The molecule has 4 nitrogen and oxygen atoms in total. The highest BCUT2D eigenvalue weighted by molar-refractivity contribution is 8.20. The molecule has 0 aromatic carbocycles. The van der Waals surface area contributed by atoms with Gasteiger partial charge in [0.25, 0.3) is 0 Å². The Morgan fingerprint density at radius 1 is 1.43 bits per heavy atom. The van der Waals surface area contributed by atoms with Crippen molar-refractivity contribution < 1.29 is 23.1 Å². The van der Waals surface area contributed by atoms with Crippen molar-refractivity contribution in [2.75, 3.05) is 11.5 Å². The van der Waals surface area contributed by atoms with E-state index in [-0.39, 0.29) is 17.4 Å². The standard InChI is InChI=1S/C12H11F3N2O2S2/c13-12(14,15)9-8-5-3-6(5)11(20-1-2-21-11)10(8)17(16-9)4-7(18)19/h5-6H,1-4H2,(H,18,19)/t5?,6-/m0/s1. The molecule has 2 atom stereocenters. The van der Waals surface area contributed by atoms with Gasteiger partial charge in [0.2, 0.25) is 0 Å². The molecule has 3 aliphatic rings. The van der Waals surface area contributed by atoms with Crippen molar-refractivity contribution in [2.24, 2.45) is 5.92 Å². The van der Waals surface area contributed by atoms with Gasteiger partial charge in [-0.15, -0.1) is 23.5 Å². The molecule has 0 amide bonds. The Labute approximate surface area is 126 Å². The molecule has 0 radical (unpaired) electrons. The molecule has 21 heavy (non-hydrogen) atoms. The average molecular weight is 336 g/mol. The fourth-order valence-corrected chi connectivity index (χ4v) is 7.29. The van der Waals surface area contributed by atoms with Gasteiger partial charge >= 0.3 is 12.1 Å². The third-order valence-electron chi connectivity index (χ3n) is 4.24. The molecule has 1 aliphatic heterocycles. The molecular formula is C12H11F3N2O2S2. The summed E-state index contributed by atoms with van der Waals surface area (Å²) in [6.07, 6.45) is -3.77. The quantitative estimate of drug-likeness (QED) is 0.900. The maximum Gasteiger partial charge on any atom is 0.435 e. The monoisotopic (exact) mass is 336 g/mol. The molecule has 1 saturated heterocycles. The molecule has 0 bridgehead atoms. The number of nitrogens with zero attached hydrogens (tertiary/aromatic N) is 2. The topological polar surface area (TPSA) is 55.1 Å². The van der Waals surface area contributed by atoms with Crippen LogP contribution in [0.2, 0.25) is 0 Å². The van der Waals surface area contributed by atoms with E-state index < -0.39 is 28.5 Å². The van der Waals surface area contributed by atoms with E-state index in [0.29, 0.717) is 5.69 Å². The minimum atomic E-state index is -4.53. The van der Waals surface area contributed by atoms with E-state index in [1.165, 1.54) is 0 Å². The number of thioether (sulfide) groups is 2. The third kappa shape index (κ3) is 1.79. The Kier molecular flexibility index (Phi) is 2.71. The maximum absolute atomic E-state index is 13.2. The summed E-state index contributed by atoms with van der Waals surface area (Å²) in [6, 6.07) is 0. The fourth-order valence-electron chi connectivity index (χ4n) is 3.54. The highest BCUT2D eigenvalue weighted by atomic mass is 32.2. The number of alkyl halides is 3. The molecule has 4 rings (SSSR count). The number of fused-ring (bicyclic) bond motifs is 5. The molecule has 1 saturated carbocycles. The highest BCUT2D eigenvalue weighted by Crippen LogP contribution is 2.76. The molecule has 2 fully saturated rings. The Bertz CT molecular complexity index is 637. The summed E-state index contributed by atoms with van der Waals surface area (Å²) in [5.74, 6) is 0.694. The van der Waals surface area contributed by atoms with Crippen LogP contribution in [0, 0.1) is 5.92 Å². The molecular weight excluding hydrogens is 325 g/mol. The Morgan fingerprint density at radius 2 is 2.10 bits per heavy atom. The lowest BCUT2D eigenvalue weighted by Crippen LogP contribution is -2.23. The van der Waals surface area contributed by atoms with Crippen LogP contribution in [-0.4, -0.2) is 32.4 Å². The van der Waals surface area contributed by atoms with E-state index in [1.807, 2.05) is 0 Å². The number of carboxylic acids is 1. The van der Waals surface area contributed by atoms with E-state index in [9.17, 15) is 18.0 Å². The summed E-state index contributed by atoms with van der Waals surface area (Å²) in [5, 5.41) is 12.6. The largest absolute Gasteiger partial charge is 0.480 e. The second-order valence-corrected chi connectivity index (χ2v) is 8.41. The van der Waals surface area contributed by atoms with Gasteiger partial charge in [0.1, 0.15) is 10.6 Å². The van der Waals surface area contributed by atoms with Gasteiger partial charge in [0.05, 0.1) is 5.69 Å². The number of aromatic nitrogens is 2. The SMILES string of the molecule is O=C(O)Cn1nc(C(F)(F)F)c2c1C1(SCCS1)[C@H]1CC21. The molecule has 1 spiro atoms. The van der Waals surface area contributed by atoms with Gasteiger partial charge in [-0.1, -0.05) is 0 Å². The number of halogens is 3. The van der Waals surface area contributed by atoms with Crippen molar-refractivity contribution in [2.45, 2.75) is 29.1 Å². The van der Waals surface area contributed by atoms with E-state index in [0.717, 1.165) is 22.6 Å². The summed E-state index contributed by atoms with van der Waals surface area (Å²) in [6.45, 7) is -0.513. The van der Waals surface area contributed by atoms with Crippen molar-refractivity contribution in [3.8, 4) is 0 Å². The lowest BCUT2D eigenvalue weighted by molar-refractivity contribution is -0.143. The van der Waals surface area contributed by atoms with Crippen LogP contribution in [0.4, 0.5) is 13.2 Å². The molecule has 2 heterocycles. The predicted molar refractivity (Wildman–Crippen MR) is 72.3 cm³/mol. The van der Waals surface area contributed by atoms with Gasteiger partial charge < -0.3 is 5.11 Å². The van der Waals surface area contributed by atoms with Crippen LogP contribution in [0.25, 0.3) is 0 Å². The summed E-state index contributed by atoms with van der Waals surface area (Å²) in [4.78, 5) is 11.0. The van der Waals surface area contributed by atoms with Crippen LogP contribution < -0.4 is 0 Å². The van der Waals surface area contributed by atoms with Gasteiger partial charge in [-0.05, 0) is 18.3 Å². The van der Waals surface area contributed by atoms with Crippen LogP contribution >= 0.6 is 23.5 Å². The summed E-state index contributed by atoms with van der Waals surface area (Å²) in [7, 11) is 0. The van der Waals surface area contributed by atoms with Gasteiger partial charge in [-0.3, -0.25) is 9.48 Å². The Hall–Kier alpha value is -0.830. The van der Waals surface area contributed by atoms with E-state index in [1.54, 1.807) is 23.5 Å². The van der Waals surface area contributed by atoms with E-state index >= 15 is 0 Å². The predicted octanol–water partition coefficient (Wildman–Crippen LogP) is 2.74. The molecule has 2 aliphatic carbocycles. The van der Waals surface area contributed by atoms with Gasteiger partial charge in [-0.2, -0.15) is 18.3 Å². The van der Waals surface area contributed by atoms with Crippen LogP contribution in [0.1, 0.15) is 29.3 Å². The summed E-state index contributed by atoms with van der Waals surface area (Å²) >= 11 is 3.30. The van der Waals surface area contributed by atoms with E-state index in [2.05, 4.69) is 5.10 Å². The van der Waals surface area contributed by atoms with Crippen molar-refractivity contribution in [1.29, 1.82) is 0 Å². The van der Waals surface area contributed by atoms with Crippen LogP contribution in [0.5, 0.6) is 0 Å². The van der Waals surface area contributed by atoms with Crippen molar-refractivity contribution in [3.63, 3.8) is 0 Å². The van der Waals surface area contributed by atoms with Crippen molar-refractivity contribution in [3.05, 3.63) is 17.0 Å². The molecule has 1 unspecified atom stereocenters. The Balaban J connectivity index is 1.92. The van der Waals surface area contributed by atoms with Crippen LogP contribution in [-0.2, 0) is 21.6 Å². The lowest BCUT2D eigenvalue weighted by Gasteiger charge is -2.25. The van der Waals surface area contributed by atoms with E-state index in [4.69, 9.17) is 5.11 Å². The first-order chi connectivity index (χ1) is 9.84. The van der Waals surface area contributed by atoms with Crippen molar-refractivity contribution >= 4 is 29.5 Å². The Morgan fingerprint density at radius 3 is 2.67 bits per heavy atom. The number of carboxylic acid groups (broad SMARTS) is 1.